The van der Waals surface area contributed by atoms with Crippen LogP contribution in [0.2, 0.25) is 0 Å². The molecule has 0 spiro atoms. The number of aromatic amines is 2. The molecule has 240 valence electrons. The van der Waals surface area contributed by atoms with Crippen molar-refractivity contribution in [3.63, 3.8) is 0 Å². The maximum Gasteiger partial charge on any atom is 1.00 e. The van der Waals surface area contributed by atoms with Gasteiger partial charge in [-0.15, -0.1) is 22.0 Å². The number of aromatic nitrogens is 6. The molecule has 3 atom stereocenters. The van der Waals surface area contributed by atoms with Crippen molar-refractivity contribution in [2.45, 2.75) is 29.0 Å². The average Bonchev–Trinajstić information content (AvgIpc) is 3.34. The molecule has 4 heterocycles. The summed E-state index contributed by atoms with van der Waals surface area (Å²) in [7, 11) is 1.54. The molecule has 5 rings (SSSR count). The van der Waals surface area contributed by atoms with E-state index < -0.39 is 70.5 Å². The zero-order valence-corrected chi connectivity index (χ0v) is 31.0. The van der Waals surface area contributed by atoms with Gasteiger partial charge in [-0.1, -0.05) is 23.9 Å². The van der Waals surface area contributed by atoms with Crippen LogP contribution in [0.15, 0.2) is 50.3 Å². The van der Waals surface area contributed by atoms with Gasteiger partial charge in [-0.2, -0.15) is 5.10 Å². The molecule has 3 amide bonds. The van der Waals surface area contributed by atoms with E-state index in [1.54, 1.807) is 0 Å². The fourth-order valence-electron chi connectivity index (χ4n) is 4.59. The predicted octanol–water partition coefficient (Wildman–Crippen LogP) is -10.7. The molecule has 2 aliphatic rings. The van der Waals surface area contributed by atoms with Crippen molar-refractivity contribution < 1.29 is 98.4 Å². The molecular weight excluding hydrogens is 696 g/mol. The van der Waals surface area contributed by atoms with Gasteiger partial charge in [-0.05, 0) is 23.3 Å². The number of hydrogen-bond acceptors (Lipinski definition) is 15. The van der Waals surface area contributed by atoms with Crippen molar-refractivity contribution in [1.82, 2.24) is 45.5 Å². The maximum atomic E-state index is 13.5. The summed E-state index contributed by atoms with van der Waals surface area (Å²) < 4.78 is 1.42. The van der Waals surface area contributed by atoms with Gasteiger partial charge in [0, 0.05) is 30.9 Å². The molecule has 48 heavy (non-hydrogen) atoms. The molecule has 5 N–H and O–H groups in total. The fourth-order valence-corrected chi connectivity index (χ4v) is 7.01. The third-order valence-corrected chi connectivity index (χ3v) is 9.28. The van der Waals surface area contributed by atoms with Gasteiger partial charge >= 0.3 is 64.8 Å². The van der Waals surface area contributed by atoms with E-state index >= 15 is 0 Å². The number of rotatable bonds is 11. The molecule has 0 bridgehead atoms. The molecule has 3 aromatic rings. The number of carbonyl (C=O) groups excluding carboxylic acids is 5. The van der Waals surface area contributed by atoms with Crippen molar-refractivity contribution in [1.29, 1.82) is 0 Å². The summed E-state index contributed by atoms with van der Waals surface area (Å²) in [5.74, 6) is -5.63. The number of carbonyl (C=O) groups is 5. The Morgan fingerprint density at radius 1 is 1.12 bits per heavy atom. The third kappa shape index (κ3) is 8.22. The molecule has 19 nitrogen and oxygen atoms in total. The first-order valence-corrected chi connectivity index (χ1v) is 15.1. The molecule has 0 radical (unpaired) electrons. The van der Waals surface area contributed by atoms with Crippen LogP contribution in [-0.2, 0) is 32.6 Å². The van der Waals surface area contributed by atoms with Crippen LogP contribution in [0.4, 0.5) is 0 Å². The summed E-state index contributed by atoms with van der Waals surface area (Å²) in [4.78, 5) is 88.8. The van der Waals surface area contributed by atoms with Crippen LogP contribution in [0.25, 0.3) is 0 Å². The summed E-state index contributed by atoms with van der Waals surface area (Å²) in [6.45, 7) is 0. The van der Waals surface area contributed by atoms with Crippen molar-refractivity contribution in [2.75, 3.05) is 11.5 Å². The normalized spacial score (nSPS) is 17.2. The number of β-lactam (4-membered cyclic amide) rings is 1. The number of phenolic OH excluding ortho intramolecular Hbond substituents is 1. The largest absolute Gasteiger partial charge is 1.00 e. The number of carboxylic acids is 2. The third-order valence-electron chi connectivity index (χ3n) is 6.83. The summed E-state index contributed by atoms with van der Waals surface area (Å²) in [6.07, 6.45) is -0.469. The number of thioether (sulfide) groups is 2. The molecule has 2 unspecified atom stereocenters. The van der Waals surface area contributed by atoms with Gasteiger partial charge in [0.15, 0.2) is 5.16 Å². The smallest absolute Gasteiger partial charge is 0.550 e. The molecule has 1 aromatic carbocycles. The number of nitrogens with zero attached hydrogens (tertiary/aromatic N) is 5. The Morgan fingerprint density at radius 3 is 2.44 bits per heavy atom. The first-order chi connectivity index (χ1) is 21.8. The standard InChI is InChI=1S/C25H23N9O10S2.2Na/c1-33-12(6-13(36)37)29-32-25(33)46-8-10-7-45-22-16(21(41)34(22)17(10)23(42)43)27-18(38)14(9-2-4-11(35)5-3-9)26-19(39)15-20(40)28-24(44)31-30-15;;/h2-5,14,16,22,35H,6-8H2,1H3,(H,26,39)(H,27,38)(H,36,37)(H,42,43)(H2,28,31,40,44);;/q;2*+1/p-2/t14?,16?,22-;;/m0../s1. The summed E-state index contributed by atoms with van der Waals surface area (Å²) in [5, 5.41) is 50.0. The zero-order chi connectivity index (χ0) is 33.3. The van der Waals surface area contributed by atoms with Crippen LogP contribution < -0.4 is 91.2 Å². The Hall–Kier alpha value is -3.44. The van der Waals surface area contributed by atoms with Gasteiger partial charge in [0.05, 0.1) is 11.7 Å². The van der Waals surface area contributed by atoms with Crippen molar-refractivity contribution in [2.24, 2.45) is 7.05 Å². The fraction of sp³-hybridized carbons (Fsp3) is 0.280. The van der Waals surface area contributed by atoms with Gasteiger partial charge in [-0.3, -0.25) is 29.1 Å². The Morgan fingerprint density at radius 2 is 1.81 bits per heavy atom. The van der Waals surface area contributed by atoms with Gasteiger partial charge in [0.1, 0.15) is 29.0 Å². The Kier molecular flexibility index (Phi) is 13.3. The van der Waals surface area contributed by atoms with Crippen LogP contribution in [0.5, 0.6) is 5.75 Å². The Labute approximate surface area is 321 Å². The molecule has 1 fully saturated rings. The second kappa shape index (κ2) is 16.3. The second-order valence-corrected chi connectivity index (χ2v) is 11.8. The van der Waals surface area contributed by atoms with Gasteiger partial charge in [0.2, 0.25) is 11.6 Å². The number of aliphatic carboxylic acids is 2. The second-order valence-electron chi connectivity index (χ2n) is 9.78. The van der Waals surface area contributed by atoms with Gasteiger partial charge < -0.3 is 40.1 Å². The molecule has 0 aliphatic carbocycles. The van der Waals surface area contributed by atoms with Gasteiger partial charge in [0.25, 0.3) is 17.4 Å². The van der Waals surface area contributed by atoms with E-state index in [-0.39, 0.29) is 93.5 Å². The number of H-pyrrole nitrogens is 2. The minimum atomic E-state index is -1.62. The number of phenols is 1. The molecular formula is C25H21N9Na2O10S2. The van der Waals surface area contributed by atoms with E-state index in [1.807, 2.05) is 10.1 Å². The molecule has 2 aliphatic heterocycles. The van der Waals surface area contributed by atoms with E-state index in [1.165, 1.54) is 35.9 Å². The van der Waals surface area contributed by atoms with Crippen LogP contribution in [-0.4, -0.2) is 92.5 Å². The first kappa shape index (κ1) is 39.0. The van der Waals surface area contributed by atoms with Crippen molar-refractivity contribution >= 4 is 53.2 Å². The first-order valence-electron chi connectivity index (χ1n) is 13.0. The predicted molar refractivity (Wildman–Crippen MR) is 151 cm³/mol. The average molecular weight is 718 g/mol. The number of nitrogens with one attached hydrogen (secondary N) is 4. The van der Waals surface area contributed by atoms with E-state index in [4.69, 9.17) is 0 Å². The number of amides is 3. The SMILES string of the molecule is Cn1c(CC(=O)[O-])nnc1SCC1=C(C(=O)[O-])N2C(=O)C(NC(=O)C(NC(=O)c3n[nH]c(=O)[nH]c3=O)c3ccc(O)cc3)[C@@H]2SC1.[Na+].[Na+]. The van der Waals surface area contributed by atoms with Crippen LogP contribution in [0.3, 0.4) is 0 Å². The number of hydrogen-bond donors (Lipinski definition) is 5. The minimum Gasteiger partial charge on any atom is -0.550 e. The summed E-state index contributed by atoms with van der Waals surface area (Å²) >= 11 is 2.23. The Bertz CT molecular complexity index is 1910. The van der Waals surface area contributed by atoms with Crippen LogP contribution >= 0.6 is 23.5 Å². The summed E-state index contributed by atoms with van der Waals surface area (Å²) in [5.41, 5.74) is -2.75. The molecule has 0 saturated carbocycles. The minimum absolute atomic E-state index is 0. The van der Waals surface area contributed by atoms with Crippen LogP contribution in [0, 0.1) is 0 Å². The maximum absolute atomic E-state index is 13.5. The van der Waals surface area contributed by atoms with E-state index in [0.717, 1.165) is 28.4 Å². The number of benzene rings is 1. The van der Waals surface area contributed by atoms with Crippen molar-refractivity contribution in [3.05, 3.63) is 73.5 Å². The quantitative estimate of drug-likeness (QED) is 0.0699. The van der Waals surface area contributed by atoms with Crippen LogP contribution in [0.1, 0.15) is 27.9 Å². The van der Waals surface area contributed by atoms with Crippen molar-refractivity contribution in [3.8, 4) is 5.75 Å². The summed E-state index contributed by atoms with van der Waals surface area (Å²) in [6, 6.07) is 2.37. The van der Waals surface area contributed by atoms with E-state index in [0.29, 0.717) is 10.7 Å². The molecule has 2 aromatic heterocycles. The number of fused-ring (bicyclic) bond motifs is 1. The zero-order valence-electron chi connectivity index (χ0n) is 25.3. The van der Waals surface area contributed by atoms with E-state index in [9.17, 15) is 48.9 Å². The Balaban J connectivity index is 0.00000312. The monoisotopic (exact) mass is 717 g/mol. The van der Waals surface area contributed by atoms with E-state index in [2.05, 4.69) is 25.9 Å². The topological polar surface area (TPSA) is 288 Å². The molecule has 23 heteroatoms. The number of carboxylic acid groups (broad SMARTS) is 2. The molecule has 1 saturated heterocycles. The van der Waals surface area contributed by atoms with Gasteiger partial charge in [-0.25, -0.2) is 9.89 Å². The number of aromatic hydroxyl groups is 1.